The minimum atomic E-state index is 0.516. The Morgan fingerprint density at radius 1 is 1.59 bits per heavy atom. The molecule has 0 aromatic carbocycles. The number of piperidine rings is 1. The molecule has 0 radical (unpaired) electrons. The van der Waals surface area contributed by atoms with E-state index in [0.717, 1.165) is 18.9 Å². The van der Waals surface area contributed by atoms with Gasteiger partial charge in [-0.3, -0.25) is 0 Å². The number of pyridine rings is 1. The minimum Gasteiger partial charge on any atom is -0.357 e. The van der Waals surface area contributed by atoms with Crippen molar-refractivity contribution in [2.24, 2.45) is 0 Å². The predicted octanol–water partition coefficient (Wildman–Crippen LogP) is 1.53. The molecule has 4 nitrogen and oxygen atoms in total. The molecule has 1 fully saturated rings. The van der Waals surface area contributed by atoms with Crippen LogP contribution in [-0.4, -0.2) is 31.2 Å². The lowest BCUT2D eigenvalue weighted by atomic mass is 10.0. The van der Waals surface area contributed by atoms with Crippen LogP contribution in [0.1, 0.15) is 24.8 Å². The molecule has 1 aliphatic rings. The Morgan fingerprint density at radius 3 is 3.18 bits per heavy atom. The molecule has 1 saturated heterocycles. The molecule has 0 unspecified atom stereocenters. The number of likely N-dealkylation sites (N-methyl/N-ethyl adjacent to an activating group) is 1. The van der Waals surface area contributed by atoms with Gasteiger partial charge in [-0.1, -0.05) is 6.42 Å². The predicted molar refractivity (Wildman–Crippen MR) is 67.9 cm³/mol. The van der Waals surface area contributed by atoms with E-state index in [9.17, 15) is 0 Å². The third kappa shape index (κ3) is 2.95. The Hall–Kier alpha value is -1.60. The van der Waals surface area contributed by atoms with E-state index < -0.39 is 0 Å². The van der Waals surface area contributed by atoms with Crippen LogP contribution in [0.15, 0.2) is 18.3 Å². The third-order valence-electron chi connectivity index (χ3n) is 3.18. The zero-order valence-electron chi connectivity index (χ0n) is 10.2. The smallest absolute Gasteiger partial charge is 0.146 e. The van der Waals surface area contributed by atoms with Gasteiger partial charge < -0.3 is 10.2 Å². The van der Waals surface area contributed by atoms with Gasteiger partial charge in [0.05, 0.1) is 5.56 Å². The van der Waals surface area contributed by atoms with Crippen molar-refractivity contribution in [2.75, 3.05) is 25.0 Å². The van der Waals surface area contributed by atoms with Gasteiger partial charge in [-0.15, -0.1) is 0 Å². The fourth-order valence-electron chi connectivity index (χ4n) is 2.29. The summed E-state index contributed by atoms with van der Waals surface area (Å²) in [6.45, 7) is 2.01. The van der Waals surface area contributed by atoms with E-state index in [-0.39, 0.29) is 0 Å². The molecular formula is C13H18N4. The molecule has 0 aliphatic carbocycles. The van der Waals surface area contributed by atoms with Crippen LogP contribution < -0.4 is 10.2 Å². The number of anilines is 1. The summed E-state index contributed by atoms with van der Waals surface area (Å²) in [5.41, 5.74) is 0.644. The highest BCUT2D eigenvalue weighted by atomic mass is 15.2. The summed E-state index contributed by atoms with van der Waals surface area (Å²) in [6, 6.07) is 6.32. The van der Waals surface area contributed by atoms with E-state index in [0.29, 0.717) is 11.6 Å². The van der Waals surface area contributed by atoms with E-state index in [4.69, 9.17) is 5.26 Å². The summed E-state index contributed by atoms with van der Waals surface area (Å²) in [5, 5.41) is 12.5. The number of nitriles is 1. The van der Waals surface area contributed by atoms with Crippen LogP contribution in [0.2, 0.25) is 0 Å². The molecule has 0 amide bonds. The van der Waals surface area contributed by atoms with Gasteiger partial charge in [-0.2, -0.15) is 5.26 Å². The molecule has 0 spiro atoms. The first kappa shape index (κ1) is 11.9. The average Bonchev–Trinajstić information content (AvgIpc) is 2.40. The molecule has 1 aromatic heterocycles. The molecule has 1 aliphatic heterocycles. The summed E-state index contributed by atoms with van der Waals surface area (Å²) in [4.78, 5) is 6.36. The van der Waals surface area contributed by atoms with Crippen LogP contribution in [0.5, 0.6) is 0 Å². The molecule has 4 heteroatoms. The molecule has 90 valence electrons. The van der Waals surface area contributed by atoms with Crippen LogP contribution in [-0.2, 0) is 0 Å². The van der Waals surface area contributed by atoms with Gasteiger partial charge in [0, 0.05) is 25.8 Å². The maximum Gasteiger partial charge on any atom is 0.146 e. The topological polar surface area (TPSA) is 52.0 Å². The molecule has 0 bridgehead atoms. The van der Waals surface area contributed by atoms with Crippen molar-refractivity contribution in [1.29, 1.82) is 5.26 Å². The molecule has 2 heterocycles. The SMILES string of the molecule is CN(C[C@H]1CCCCN1)c1ncccc1C#N. The van der Waals surface area contributed by atoms with Crippen molar-refractivity contribution in [1.82, 2.24) is 10.3 Å². The highest BCUT2D eigenvalue weighted by Crippen LogP contribution is 2.16. The quantitative estimate of drug-likeness (QED) is 0.855. The van der Waals surface area contributed by atoms with Gasteiger partial charge in [0.1, 0.15) is 11.9 Å². The molecule has 1 N–H and O–H groups in total. The van der Waals surface area contributed by atoms with E-state index in [1.54, 1.807) is 12.3 Å². The summed E-state index contributed by atoms with van der Waals surface area (Å²) in [5.74, 6) is 0.780. The Kier molecular flexibility index (Phi) is 3.94. The Balaban J connectivity index is 2.03. The molecule has 1 atom stereocenters. The second kappa shape index (κ2) is 5.65. The summed E-state index contributed by atoms with van der Waals surface area (Å²) < 4.78 is 0. The van der Waals surface area contributed by atoms with Crippen molar-refractivity contribution in [2.45, 2.75) is 25.3 Å². The fourth-order valence-corrected chi connectivity index (χ4v) is 2.29. The Labute approximate surface area is 102 Å². The van der Waals surface area contributed by atoms with E-state index in [2.05, 4.69) is 21.3 Å². The van der Waals surface area contributed by atoms with Gasteiger partial charge in [-0.05, 0) is 31.5 Å². The summed E-state index contributed by atoms with van der Waals surface area (Å²) in [6.07, 6.45) is 5.51. The third-order valence-corrected chi connectivity index (χ3v) is 3.18. The number of hydrogen-bond donors (Lipinski definition) is 1. The Morgan fingerprint density at radius 2 is 2.47 bits per heavy atom. The lowest BCUT2D eigenvalue weighted by Crippen LogP contribution is -2.42. The number of rotatable bonds is 3. The average molecular weight is 230 g/mol. The largest absolute Gasteiger partial charge is 0.357 e. The number of nitrogens with zero attached hydrogens (tertiary/aromatic N) is 3. The van der Waals surface area contributed by atoms with Crippen molar-refractivity contribution < 1.29 is 0 Å². The Bertz CT molecular complexity index is 404. The first-order valence-corrected chi connectivity index (χ1v) is 6.11. The summed E-state index contributed by atoms with van der Waals surface area (Å²) in [7, 11) is 2.00. The maximum absolute atomic E-state index is 9.04. The number of hydrogen-bond acceptors (Lipinski definition) is 4. The first-order valence-electron chi connectivity index (χ1n) is 6.11. The fraction of sp³-hybridized carbons (Fsp3) is 0.538. The van der Waals surface area contributed by atoms with Crippen LogP contribution in [0.4, 0.5) is 5.82 Å². The zero-order chi connectivity index (χ0) is 12.1. The van der Waals surface area contributed by atoms with Crippen molar-refractivity contribution >= 4 is 5.82 Å². The van der Waals surface area contributed by atoms with Gasteiger partial charge in [-0.25, -0.2) is 4.98 Å². The lowest BCUT2D eigenvalue weighted by molar-refractivity contribution is 0.403. The van der Waals surface area contributed by atoms with Crippen LogP contribution >= 0.6 is 0 Å². The van der Waals surface area contributed by atoms with Crippen LogP contribution in [0, 0.1) is 11.3 Å². The minimum absolute atomic E-state index is 0.516. The molecule has 17 heavy (non-hydrogen) atoms. The van der Waals surface area contributed by atoms with Gasteiger partial charge in [0.25, 0.3) is 0 Å². The van der Waals surface area contributed by atoms with Gasteiger partial charge in [0.2, 0.25) is 0 Å². The monoisotopic (exact) mass is 230 g/mol. The standard InChI is InChI=1S/C13H18N4/c1-17(10-12-6-2-3-7-15-12)13-11(9-14)5-4-8-16-13/h4-5,8,12,15H,2-3,6-7,10H2,1H3/t12-/m1/s1. The summed E-state index contributed by atoms with van der Waals surface area (Å²) >= 11 is 0. The highest BCUT2D eigenvalue weighted by Gasteiger charge is 2.16. The van der Waals surface area contributed by atoms with Crippen LogP contribution in [0.3, 0.4) is 0 Å². The first-order chi connectivity index (χ1) is 8.31. The van der Waals surface area contributed by atoms with E-state index >= 15 is 0 Å². The van der Waals surface area contributed by atoms with Gasteiger partial charge >= 0.3 is 0 Å². The van der Waals surface area contributed by atoms with E-state index in [1.165, 1.54) is 19.3 Å². The number of nitrogens with one attached hydrogen (secondary N) is 1. The second-order valence-electron chi connectivity index (χ2n) is 4.51. The lowest BCUT2D eigenvalue weighted by Gasteiger charge is -2.29. The molecule has 0 saturated carbocycles. The van der Waals surface area contributed by atoms with Crippen molar-refractivity contribution in [3.63, 3.8) is 0 Å². The zero-order valence-corrected chi connectivity index (χ0v) is 10.2. The molecule has 2 rings (SSSR count). The second-order valence-corrected chi connectivity index (χ2v) is 4.51. The van der Waals surface area contributed by atoms with Crippen molar-refractivity contribution in [3.8, 4) is 6.07 Å². The molecular weight excluding hydrogens is 212 g/mol. The number of aromatic nitrogens is 1. The van der Waals surface area contributed by atoms with Gasteiger partial charge in [0.15, 0.2) is 0 Å². The van der Waals surface area contributed by atoms with Crippen LogP contribution in [0.25, 0.3) is 0 Å². The van der Waals surface area contributed by atoms with Crippen molar-refractivity contribution in [3.05, 3.63) is 23.9 Å². The molecule has 1 aromatic rings. The van der Waals surface area contributed by atoms with E-state index in [1.807, 2.05) is 13.1 Å². The maximum atomic E-state index is 9.04. The normalized spacial score (nSPS) is 19.6. The highest BCUT2D eigenvalue weighted by molar-refractivity contribution is 5.52.